The molecule has 0 fully saturated rings. The minimum atomic E-state index is 0.488. The zero-order chi connectivity index (χ0) is 10.6. The monoisotopic (exact) mass is 209 g/mol. The molecule has 2 aromatic heterocycles. The Labute approximate surface area is 85.6 Å². The number of nitrogens with zero attached hydrogens (tertiary/aromatic N) is 1. The molecule has 0 bridgehead atoms. The number of aldehydes is 1. The van der Waals surface area contributed by atoms with Gasteiger partial charge in [-0.1, -0.05) is 0 Å². The number of carbonyl (C=O) groups is 1. The minimum Gasteiger partial charge on any atom is -0.384 e. The van der Waals surface area contributed by atoms with Crippen LogP contribution in [0.3, 0.4) is 0 Å². The van der Waals surface area contributed by atoms with Gasteiger partial charge in [-0.3, -0.25) is 4.79 Å². The van der Waals surface area contributed by atoms with Crippen LogP contribution in [-0.4, -0.2) is 18.3 Å². The van der Waals surface area contributed by atoms with Crippen LogP contribution in [-0.2, 0) is 0 Å². The van der Waals surface area contributed by atoms with E-state index in [1.54, 1.807) is 12.1 Å². The average molecular weight is 209 g/mol. The Morgan fingerprint density at radius 2 is 2.14 bits per heavy atom. The zero-order valence-electron chi connectivity index (χ0n) is 7.73. The van der Waals surface area contributed by atoms with Crippen molar-refractivity contribution in [3.05, 3.63) is 23.1 Å². The number of anilines is 1. The number of nitrogens with two attached hydrogens (primary N) is 2. The van der Waals surface area contributed by atoms with E-state index in [4.69, 9.17) is 5.73 Å². The number of hydrogen-bond acceptors (Lipinski definition) is 5. The molecule has 2 heterocycles. The van der Waals surface area contributed by atoms with Crippen molar-refractivity contribution in [1.29, 1.82) is 0 Å². The lowest BCUT2D eigenvalue weighted by atomic mass is 10.3. The predicted molar refractivity (Wildman–Crippen MR) is 59.5 cm³/mol. The fraction of sp³-hybridized carbons (Fsp3) is 0.111. The zero-order valence-corrected chi connectivity index (χ0v) is 8.54. The summed E-state index contributed by atoms with van der Waals surface area (Å²) in [4.78, 5) is 16.0. The lowest BCUT2D eigenvalue weighted by molar-refractivity contribution is 0.112. The van der Waals surface area contributed by atoms with Gasteiger partial charge in [-0.25, -0.2) is 4.98 Å². The molecule has 0 saturated carbocycles. The number of nitrogen functional groups attached to an aromatic ring is 1. The van der Waals surface area contributed by atoms with Crippen molar-refractivity contribution in [1.82, 2.24) is 4.98 Å². The van der Waals surface area contributed by atoms with Gasteiger partial charge in [0.1, 0.15) is 10.6 Å². The Hall–Kier alpha value is -1.46. The lowest BCUT2D eigenvalue weighted by Crippen LogP contribution is -1.86. The van der Waals surface area contributed by atoms with Crippen molar-refractivity contribution in [2.24, 2.45) is 5.73 Å². The van der Waals surface area contributed by atoms with Gasteiger partial charge in [0.2, 0.25) is 0 Å². The normalized spacial score (nSPS) is 9.29. The second-order valence-electron chi connectivity index (χ2n) is 2.40. The van der Waals surface area contributed by atoms with Gasteiger partial charge in [0, 0.05) is 5.39 Å². The number of hydrogen-bond donors (Lipinski definition) is 2. The summed E-state index contributed by atoms with van der Waals surface area (Å²) in [6, 6.07) is 5.39. The van der Waals surface area contributed by atoms with E-state index in [1.807, 2.05) is 6.07 Å². The van der Waals surface area contributed by atoms with Crippen LogP contribution in [0.25, 0.3) is 10.2 Å². The first kappa shape index (κ1) is 10.6. The van der Waals surface area contributed by atoms with E-state index in [-0.39, 0.29) is 0 Å². The molecule has 0 aliphatic heterocycles. The van der Waals surface area contributed by atoms with Crippen LogP contribution in [0.5, 0.6) is 0 Å². The summed E-state index contributed by atoms with van der Waals surface area (Å²) in [6.07, 6.45) is 0.822. The highest BCUT2D eigenvalue weighted by Gasteiger charge is 2.01. The lowest BCUT2D eigenvalue weighted by Gasteiger charge is -1.89. The Bertz CT molecular complexity index is 439. The van der Waals surface area contributed by atoms with Crippen molar-refractivity contribution in [2.75, 3.05) is 12.8 Å². The first-order chi connectivity index (χ1) is 6.79. The van der Waals surface area contributed by atoms with E-state index < -0.39 is 0 Å². The summed E-state index contributed by atoms with van der Waals surface area (Å²) in [6.45, 7) is 0. The van der Waals surface area contributed by atoms with Crippen molar-refractivity contribution in [2.45, 2.75) is 0 Å². The molecule has 0 aromatic carbocycles. The fourth-order valence-electron chi connectivity index (χ4n) is 1.01. The van der Waals surface area contributed by atoms with Crippen LogP contribution in [0.15, 0.2) is 18.2 Å². The molecule has 5 heteroatoms. The molecule has 4 nitrogen and oxygen atoms in total. The van der Waals surface area contributed by atoms with E-state index in [1.165, 1.54) is 18.4 Å². The van der Waals surface area contributed by atoms with E-state index in [2.05, 4.69) is 10.7 Å². The Morgan fingerprint density at radius 1 is 1.43 bits per heavy atom. The van der Waals surface area contributed by atoms with Crippen LogP contribution < -0.4 is 11.5 Å². The minimum absolute atomic E-state index is 0.488. The molecule has 4 N–H and O–H groups in total. The van der Waals surface area contributed by atoms with Gasteiger partial charge in [0.25, 0.3) is 0 Å². The molecule has 0 atom stereocenters. The standard InChI is InChI=1S/C8H6N2OS.CH5N/c9-7-2-1-5-3-6(4-11)12-8(5)10-7;1-2/h1-4H,(H2,9,10);2H2,1H3. The molecule has 0 aliphatic carbocycles. The highest BCUT2D eigenvalue weighted by Crippen LogP contribution is 2.23. The van der Waals surface area contributed by atoms with Crippen LogP contribution >= 0.6 is 11.3 Å². The van der Waals surface area contributed by atoms with E-state index in [9.17, 15) is 4.79 Å². The molecular formula is C9H11N3OS. The number of carbonyl (C=O) groups excluding carboxylic acids is 1. The third kappa shape index (κ3) is 2.07. The number of thiophene rings is 1. The third-order valence-electron chi connectivity index (χ3n) is 1.54. The maximum absolute atomic E-state index is 10.4. The van der Waals surface area contributed by atoms with Gasteiger partial charge in [-0.2, -0.15) is 0 Å². The Balaban J connectivity index is 0.000000461. The summed E-state index contributed by atoms with van der Waals surface area (Å²) >= 11 is 1.35. The van der Waals surface area contributed by atoms with Crippen molar-refractivity contribution in [3.63, 3.8) is 0 Å². The number of fused-ring (bicyclic) bond motifs is 1. The molecule has 2 aromatic rings. The molecular weight excluding hydrogens is 198 g/mol. The predicted octanol–water partition coefficient (Wildman–Crippen LogP) is 1.27. The first-order valence-electron chi connectivity index (χ1n) is 3.98. The highest BCUT2D eigenvalue weighted by atomic mass is 32.1. The molecule has 2 rings (SSSR count). The molecule has 0 saturated heterocycles. The van der Waals surface area contributed by atoms with Gasteiger partial charge in [-0.15, -0.1) is 11.3 Å². The van der Waals surface area contributed by atoms with E-state index in [0.29, 0.717) is 10.7 Å². The first-order valence-corrected chi connectivity index (χ1v) is 4.80. The topological polar surface area (TPSA) is 82.0 Å². The maximum Gasteiger partial charge on any atom is 0.160 e. The van der Waals surface area contributed by atoms with Crippen LogP contribution in [0.2, 0.25) is 0 Å². The Morgan fingerprint density at radius 3 is 2.79 bits per heavy atom. The van der Waals surface area contributed by atoms with Crippen molar-refractivity contribution >= 4 is 33.7 Å². The fourth-order valence-corrected chi connectivity index (χ4v) is 1.86. The van der Waals surface area contributed by atoms with Crippen LogP contribution in [0.4, 0.5) is 5.82 Å². The quantitative estimate of drug-likeness (QED) is 0.693. The Kier molecular flexibility index (Phi) is 3.55. The van der Waals surface area contributed by atoms with Gasteiger partial charge < -0.3 is 11.5 Å². The van der Waals surface area contributed by atoms with Crippen LogP contribution in [0, 0.1) is 0 Å². The second-order valence-corrected chi connectivity index (χ2v) is 3.46. The molecule has 14 heavy (non-hydrogen) atoms. The second kappa shape index (κ2) is 4.69. The molecule has 74 valence electrons. The summed E-state index contributed by atoms with van der Waals surface area (Å²) in [5, 5.41) is 0.969. The largest absolute Gasteiger partial charge is 0.384 e. The summed E-state index contributed by atoms with van der Waals surface area (Å²) in [7, 11) is 1.50. The number of aromatic nitrogens is 1. The average Bonchev–Trinajstić information content (AvgIpc) is 2.62. The molecule has 0 spiro atoms. The molecule has 0 amide bonds. The van der Waals surface area contributed by atoms with Crippen molar-refractivity contribution < 1.29 is 4.79 Å². The number of pyridine rings is 1. The third-order valence-corrected chi connectivity index (χ3v) is 2.51. The van der Waals surface area contributed by atoms with Gasteiger partial charge in [-0.05, 0) is 25.2 Å². The van der Waals surface area contributed by atoms with Crippen molar-refractivity contribution in [3.8, 4) is 0 Å². The highest BCUT2D eigenvalue weighted by molar-refractivity contribution is 7.20. The van der Waals surface area contributed by atoms with Gasteiger partial charge in [0.15, 0.2) is 6.29 Å². The van der Waals surface area contributed by atoms with Gasteiger partial charge in [0.05, 0.1) is 4.88 Å². The van der Waals surface area contributed by atoms with E-state index >= 15 is 0 Å². The summed E-state index contributed by atoms with van der Waals surface area (Å²) < 4.78 is 0. The summed E-state index contributed by atoms with van der Waals surface area (Å²) in [5.41, 5.74) is 9.98. The maximum atomic E-state index is 10.4. The number of rotatable bonds is 1. The van der Waals surface area contributed by atoms with E-state index in [0.717, 1.165) is 16.5 Å². The molecule has 0 unspecified atom stereocenters. The van der Waals surface area contributed by atoms with Crippen LogP contribution in [0.1, 0.15) is 9.67 Å². The summed E-state index contributed by atoms with van der Waals surface area (Å²) in [5.74, 6) is 0.488. The SMILES string of the molecule is CN.Nc1ccc2cc(C=O)sc2n1. The smallest absolute Gasteiger partial charge is 0.160 e. The molecule has 0 aliphatic rings. The molecule has 0 radical (unpaired) electrons. The van der Waals surface area contributed by atoms with Gasteiger partial charge >= 0.3 is 0 Å².